The third-order valence-electron chi connectivity index (χ3n) is 4.27. The van der Waals surface area contributed by atoms with E-state index in [1.807, 2.05) is 17.0 Å². The minimum absolute atomic E-state index is 0.0498. The average Bonchev–Trinajstić information content (AvgIpc) is 2.89. The van der Waals surface area contributed by atoms with Crippen molar-refractivity contribution in [3.63, 3.8) is 0 Å². The second-order valence-electron chi connectivity index (χ2n) is 5.49. The molecule has 1 fully saturated rings. The van der Waals surface area contributed by atoms with Crippen LogP contribution in [-0.2, 0) is 16.0 Å². The highest BCUT2D eigenvalue weighted by Gasteiger charge is 2.33. The molecule has 0 aliphatic carbocycles. The maximum Gasteiger partial charge on any atom is 0.244 e. The standard InChI is InChI=1S/C15H19BrN2O2/c16-12-2-1-10-3-6-18(13(10)9-12)15(19)14(17)11-4-7-20-8-5-11/h1-2,9,11,14H,3-8,17H2. The Morgan fingerprint density at radius 3 is 2.90 bits per heavy atom. The fourth-order valence-corrected chi connectivity index (χ4v) is 3.39. The molecule has 108 valence electrons. The van der Waals surface area contributed by atoms with Crippen LogP contribution in [-0.4, -0.2) is 31.7 Å². The van der Waals surface area contributed by atoms with E-state index in [9.17, 15) is 4.79 Å². The number of carbonyl (C=O) groups excluding carboxylic acids is 1. The van der Waals surface area contributed by atoms with Crippen LogP contribution in [0.15, 0.2) is 22.7 Å². The van der Waals surface area contributed by atoms with Crippen LogP contribution in [0.2, 0.25) is 0 Å². The van der Waals surface area contributed by atoms with Crippen molar-refractivity contribution < 1.29 is 9.53 Å². The van der Waals surface area contributed by atoms with Gasteiger partial charge in [0.2, 0.25) is 5.91 Å². The zero-order valence-electron chi connectivity index (χ0n) is 11.3. The van der Waals surface area contributed by atoms with Crippen LogP contribution >= 0.6 is 15.9 Å². The summed E-state index contributed by atoms with van der Waals surface area (Å²) in [7, 11) is 0. The van der Waals surface area contributed by atoms with Gasteiger partial charge in [0.15, 0.2) is 0 Å². The lowest BCUT2D eigenvalue weighted by molar-refractivity contribution is -0.121. The van der Waals surface area contributed by atoms with Gasteiger partial charge in [0.1, 0.15) is 0 Å². The molecule has 2 aliphatic rings. The first-order chi connectivity index (χ1) is 9.66. The minimum atomic E-state index is -0.413. The highest BCUT2D eigenvalue weighted by atomic mass is 79.9. The Morgan fingerprint density at radius 2 is 2.15 bits per heavy atom. The van der Waals surface area contributed by atoms with Crippen molar-refractivity contribution in [3.05, 3.63) is 28.2 Å². The van der Waals surface area contributed by atoms with Crippen LogP contribution in [0.5, 0.6) is 0 Å². The molecule has 1 amide bonds. The van der Waals surface area contributed by atoms with Gasteiger partial charge >= 0.3 is 0 Å². The lowest BCUT2D eigenvalue weighted by Gasteiger charge is -2.30. The zero-order valence-corrected chi connectivity index (χ0v) is 12.9. The summed E-state index contributed by atoms with van der Waals surface area (Å²) in [5, 5.41) is 0. The number of hydrogen-bond acceptors (Lipinski definition) is 3. The van der Waals surface area contributed by atoms with Crippen LogP contribution in [0.1, 0.15) is 18.4 Å². The summed E-state index contributed by atoms with van der Waals surface area (Å²) in [6.07, 6.45) is 2.67. The minimum Gasteiger partial charge on any atom is -0.381 e. The molecule has 1 saturated heterocycles. The predicted molar refractivity (Wildman–Crippen MR) is 81.7 cm³/mol. The van der Waals surface area contributed by atoms with Gasteiger partial charge in [0, 0.05) is 29.9 Å². The average molecular weight is 339 g/mol. The van der Waals surface area contributed by atoms with Crippen molar-refractivity contribution in [2.24, 2.45) is 11.7 Å². The Labute approximate surface area is 127 Å². The largest absolute Gasteiger partial charge is 0.381 e. The van der Waals surface area contributed by atoms with Crippen molar-refractivity contribution in [1.29, 1.82) is 0 Å². The van der Waals surface area contributed by atoms with Crippen LogP contribution in [0, 0.1) is 5.92 Å². The lowest BCUT2D eigenvalue weighted by atomic mass is 9.91. The molecule has 0 spiro atoms. The van der Waals surface area contributed by atoms with Crippen LogP contribution in [0.25, 0.3) is 0 Å². The molecule has 1 atom stereocenters. The first-order valence-electron chi connectivity index (χ1n) is 7.10. The highest BCUT2D eigenvalue weighted by molar-refractivity contribution is 9.10. The summed E-state index contributed by atoms with van der Waals surface area (Å²) >= 11 is 3.47. The third kappa shape index (κ3) is 2.62. The molecule has 5 heteroatoms. The van der Waals surface area contributed by atoms with E-state index < -0.39 is 6.04 Å². The van der Waals surface area contributed by atoms with Gasteiger partial charge in [-0.15, -0.1) is 0 Å². The third-order valence-corrected chi connectivity index (χ3v) is 4.76. The van der Waals surface area contributed by atoms with Gasteiger partial charge in [-0.25, -0.2) is 0 Å². The highest BCUT2D eigenvalue weighted by Crippen LogP contribution is 2.32. The van der Waals surface area contributed by atoms with E-state index in [1.54, 1.807) is 0 Å². The molecular weight excluding hydrogens is 320 g/mol. The Balaban J connectivity index is 1.77. The lowest BCUT2D eigenvalue weighted by Crippen LogP contribution is -2.48. The van der Waals surface area contributed by atoms with Crippen molar-refractivity contribution in [2.75, 3.05) is 24.7 Å². The Bertz CT molecular complexity index is 515. The molecule has 1 unspecified atom stereocenters. The molecular formula is C15H19BrN2O2. The quantitative estimate of drug-likeness (QED) is 0.898. The number of rotatable bonds is 2. The van der Waals surface area contributed by atoms with Crippen LogP contribution < -0.4 is 10.6 Å². The molecule has 0 radical (unpaired) electrons. The number of fused-ring (bicyclic) bond motifs is 1. The predicted octanol–water partition coefficient (Wildman–Crippen LogP) is 2.09. The van der Waals surface area contributed by atoms with Gasteiger partial charge in [-0.05, 0) is 42.9 Å². The van der Waals surface area contributed by atoms with Crippen molar-refractivity contribution in [3.8, 4) is 0 Å². The normalized spacial score (nSPS) is 20.8. The topological polar surface area (TPSA) is 55.6 Å². The molecule has 0 bridgehead atoms. The fraction of sp³-hybridized carbons (Fsp3) is 0.533. The maximum atomic E-state index is 12.7. The zero-order chi connectivity index (χ0) is 14.1. The van der Waals surface area contributed by atoms with E-state index in [2.05, 4.69) is 22.0 Å². The number of nitrogens with two attached hydrogens (primary N) is 1. The van der Waals surface area contributed by atoms with E-state index >= 15 is 0 Å². The molecule has 4 nitrogen and oxygen atoms in total. The first kappa shape index (κ1) is 14.0. The van der Waals surface area contributed by atoms with Gasteiger partial charge in [0.05, 0.1) is 6.04 Å². The van der Waals surface area contributed by atoms with E-state index in [4.69, 9.17) is 10.5 Å². The first-order valence-corrected chi connectivity index (χ1v) is 7.89. The number of nitrogens with zero attached hydrogens (tertiary/aromatic N) is 1. The second-order valence-corrected chi connectivity index (χ2v) is 6.40. The van der Waals surface area contributed by atoms with Crippen LogP contribution in [0.4, 0.5) is 5.69 Å². The number of ether oxygens (including phenoxy) is 1. The van der Waals surface area contributed by atoms with Crippen molar-refractivity contribution in [2.45, 2.75) is 25.3 Å². The van der Waals surface area contributed by atoms with E-state index in [1.165, 1.54) is 5.56 Å². The molecule has 0 saturated carbocycles. The molecule has 2 heterocycles. The van der Waals surface area contributed by atoms with Gasteiger partial charge in [-0.2, -0.15) is 0 Å². The summed E-state index contributed by atoms with van der Waals surface area (Å²) in [5.74, 6) is 0.293. The molecule has 1 aromatic carbocycles. The van der Waals surface area contributed by atoms with Gasteiger partial charge in [-0.1, -0.05) is 22.0 Å². The Hall–Kier alpha value is -0.910. The van der Waals surface area contributed by atoms with Crippen molar-refractivity contribution in [1.82, 2.24) is 0 Å². The monoisotopic (exact) mass is 338 g/mol. The summed E-state index contributed by atoms with van der Waals surface area (Å²) < 4.78 is 6.34. The number of benzene rings is 1. The number of amides is 1. The van der Waals surface area contributed by atoms with E-state index in [0.717, 1.165) is 36.0 Å². The molecule has 3 rings (SSSR count). The molecule has 2 aliphatic heterocycles. The van der Waals surface area contributed by atoms with Gasteiger partial charge < -0.3 is 15.4 Å². The number of halogens is 1. The van der Waals surface area contributed by atoms with Crippen LogP contribution in [0.3, 0.4) is 0 Å². The molecule has 2 N–H and O–H groups in total. The summed E-state index contributed by atoms with van der Waals surface area (Å²) in [6, 6.07) is 5.69. The number of hydrogen-bond donors (Lipinski definition) is 1. The Morgan fingerprint density at radius 1 is 1.40 bits per heavy atom. The SMILES string of the molecule is NC(C(=O)N1CCc2ccc(Br)cc21)C1CCOCC1. The summed E-state index contributed by atoms with van der Waals surface area (Å²) in [4.78, 5) is 14.5. The van der Waals surface area contributed by atoms with E-state index in [-0.39, 0.29) is 11.8 Å². The van der Waals surface area contributed by atoms with Crippen molar-refractivity contribution >= 4 is 27.5 Å². The smallest absolute Gasteiger partial charge is 0.244 e. The fourth-order valence-electron chi connectivity index (χ4n) is 3.04. The molecule has 20 heavy (non-hydrogen) atoms. The summed E-state index contributed by atoms with van der Waals surface area (Å²) in [5.41, 5.74) is 8.44. The number of carbonyl (C=O) groups is 1. The number of anilines is 1. The second kappa shape index (κ2) is 5.84. The van der Waals surface area contributed by atoms with E-state index in [0.29, 0.717) is 13.2 Å². The Kier molecular flexibility index (Phi) is 4.10. The van der Waals surface area contributed by atoms with Gasteiger partial charge in [0.25, 0.3) is 0 Å². The summed E-state index contributed by atoms with van der Waals surface area (Å²) in [6.45, 7) is 2.17. The maximum absolute atomic E-state index is 12.7. The van der Waals surface area contributed by atoms with Gasteiger partial charge in [-0.3, -0.25) is 4.79 Å². The molecule has 0 aromatic heterocycles. The molecule has 1 aromatic rings.